The van der Waals surface area contributed by atoms with Crippen LogP contribution in [0.1, 0.15) is 17.2 Å². The highest BCUT2D eigenvalue weighted by Crippen LogP contribution is 2.42. The summed E-state index contributed by atoms with van der Waals surface area (Å²) < 4.78 is 0.743. The van der Waals surface area contributed by atoms with Gasteiger partial charge in [-0.2, -0.15) is 0 Å². The topological polar surface area (TPSA) is 70.9 Å². The first-order valence-corrected chi connectivity index (χ1v) is 8.51. The smallest absolute Gasteiger partial charge is 0.163 e. The van der Waals surface area contributed by atoms with Crippen molar-refractivity contribution >= 4 is 39.2 Å². The Balaban J connectivity index is 1.67. The molecule has 2 aromatic heterocycles. The number of aliphatic hydroxyl groups is 1. The van der Waals surface area contributed by atoms with Gasteiger partial charge in [-0.3, -0.25) is 0 Å². The van der Waals surface area contributed by atoms with Gasteiger partial charge in [-0.05, 0) is 39.7 Å². The Morgan fingerprint density at radius 1 is 1.04 bits per heavy atom. The molecule has 4 rings (SSSR count). The lowest BCUT2D eigenvalue weighted by Crippen LogP contribution is -2.06. The number of aromatic nitrogens is 3. The summed E-state index contributed by atoms with van der Waals surface area (Å²) in [6.07, 6.45) is 4.27. The SMILES string of the molecule is OC(c1ccc(Br)nc1)c1ccc2c(c1)Nc1nccnc1S2. The standard InChI is InChI=1S/C16H11BrN4OS/c17-13-4-2-10(8-20-13)14(22)9-1-3-12-11(7-9)21-15-16(23-12)19-6-5-18-15/h1-8,14,22H,(H,18,21). The van der Waals surface area contributed by atoms with Crippen LogP contribution in [0.25, 0.3) is 0 Å². The van der Waals surface area contributed by atoms with Gasteiger partial charge < -0.3 is 10.4 Å². The Kier molecular flexibility index (Phi) is 3.76. The molecule has 0 aliphatic carbocycles. The Bertz CT molecular complexity index is 872. The van der Waals surface area contributed by atoms with E-state index in [1.807, 2.05) is 30.3 Å². The molecule has 114 valence electrons. The van der Waals surface area contributed by atoms with Crippen molar-refractivity contribution in [1.82, 2.24) is 15.0 Å². The zero-order valence-corrected chi connectivity index (χ0v) is 14.2. The Hall–Kier alpha value is -1.96. The molecule has 0 amide bonds. The van der Waals surface area contributed by atoms with Gasteiger partial charge in [0.2, 0.25) is 0 Å². The largest absolute Gasteiger partial charge is 0.384 e. The highest BCUT2D eigenvalue weighted by molar-refractivity contribution is 9.10. The van der Waals surface area contributed by atoms with Gasteiger partial charge in [0.25, 0.3) is 0 Å². The highest BCUT2D eigenvalue weighted by Gasteiger charge is 2.20. The van der Waals surface area contributed by atoms with E-state index in [1.165, 1.54) is 0 Å². The van der Waals surface area contributed by atoms with Crippen LogP contribution in [0.4, 0.5) is 11.5 Å². The molecule has 0 saturated carbocycles. The second-order valence-electron chi connectivity index (χ2n) is 5.01. The molecule has 1 aliphatic heterocycles. The maximum atomic E-state index is 10.6. The van der Waals surface area contributed by atoms with E-state index in [2.05, 4.69) is 36.2 Å². The van der Waals surface area contributed by atoms with Crippen LogP contribution in [0.15, 0.2) is 63.4 Å². The van der Waals surface area contributed by atoms with Crippen molar-refractivity contribution in [2.45, 2.75) is 16.0 Å². The summed E-state index contributed by atoms with van der Waals surface area (Å²) in [4.78, 5) is 13.8. The maximum absolute atomic E-state index is 10.6. The van der Waals surface area contributed by atoms with E-state index < -0.39 is 6.10 Å². The molecule has 23 heavy (non-hydrogen) atoms. The number of nitrogens with one attached hydrogen (secondary N) is 1. The minimum Gasteiger partial charge on any atom is -0.384 e. The van der Waals surface area contributed by atoms with Crippen LogP contribution in [-0.2, 0) is 0 Å². The van der Waals surface area contributed by atoms with E-state index >= 15 is 0 Å². The first-order chi connectivity index (χ1) is 11.2. The van der Waals surface area contributed by atoms with Crippen LogP contribution in [-0.4, -0.2) is 20.1 Å². The monoisotopic (exact) mass is 386 g/mol. The summed E-state index contributed by atoms with van der Waals surface area (Å²) in [5, 5.41) is 14.7. The number of nitrogens with zero attached hydrogens (tertiary/aromatic N) is 3. The number of anilines is 2. The summed E-state index contributed by atoms with van der Waals surface area (Å²) in [6, 6.07) is 9.50. The zero-order chi connectivity index (χ0) is 15.8. The first-order valence-electron chi connectivity index (χ1n) is 6.90. The van der Waals surface area contributed by atoms with E-state index in [9.17, 15) is 5.11 Å². The van der Waals surface area contributed by atoms with Gasteiger partial charge in [0.05, 0.1) is 5.69 Å². The van der Waals surface area contributed by atoms with Crippen LogP contribution >= 0.6 is 27.7 Å². The average molecular weight is 387 g/mol. The Morgan fingerprint density at radius 3 is 2.70 bits per heavy atom. The molecule has 0 fully saturated rings. The van der Waals surface area contributed by atoms with E-state index in [4.69, 9.17) is 0 Å². The van der Waals surface area contributed by atoms with Crippen LogP contribution in [0.3, 0.4) is 0 Å². The molecule has 5 nitrogen and oxygen atoms in total. The summed E-state index contributed by atoms with van der Waals surface area (Å²) in [5.41, 5.74) is 2.47. The van der Waals surface area contributed by atoms with E-state index in [0.29, 0.717) is 0 Å². The molecule has 0 radical (unpaired) electrons. The third-order valence-corrected chi connectivity index (χ3v) is 5.05. The first kappa shape index (κ1) is 14.6. The van der Waals surface area contributed by atoms with Crippen molar-refractivity contribution in [3.05, 3.63) is 64.7 Å². The number of rotatable bonds is 2. The van der Waals surface area contributed by atoms with Crippen molar-refractivity contribution in [1.29, 1.82) is 0 Å². The lowest BCUT2D eigenvalue weighted by atomic mass is 10.0. The summed E-state index contributed by atoms with van der Waals surface area (Å²) in [5.74, 6) is 0.738. The van der Waals surface area contributed by atoms with E-state index in [1.54, 1.807) is 30.4 Å². The maximum Gasteiger partial charge on any atom is 0.163 e. The molecular formula is C16H11BrN4OS. The molecule has 3 heterocycles. The fourth-order valence-corrected chi connectivity index (χ4v) is 3.48. The number of pyridine rings is 1. The second-order valence-corrected chi connectivity index (χ2v) is 6.85. The van der Waals surface area contributed by atoms with Gasteiger partial charge in [0, 0.05) is 29.0 Å². The minimum atomic E-state index is -0.726. The average Bonchev–Trinajstić information content (AvgIpc) is 2.59. The lowest BCUT2D eigenvalue weighted by Gasteiger charge is -2.20. The minimum absolute atomic E-state index is 0.726. The van der Waals surface area contributed by atoms with Crippen LogP contribution in [0, 0.1) is 0 Å². The normalized spacial score (nSPS) is 13.7. The molecule has 1 unspecified atom stereocenters. The summed E-state index contributed by atoms with van der Waals surface area (Å²) >= 11 is 4.86. The van der Waals surface area contributed by atoms with Gasteiger partial charge >= 0.3 is 0 Å². The predicted molar refractivity (Wildman–Crippen MR) is 91.9 cm³/mol. The fourth-order valence-electron chi connectivity index (χ4n) is 2.36. The molecule has 0 bridgehead atoms. The van der Waals surface area contributed by atoms with E-state index in [-0.39, 0.29) is 0 Å². The number of hydrogen-bond donors (Lipinski definition) is 2. The molecular weight excluding hydrogens is 376 g/mol. The number of hydrogen-bond acceptors (Lipinski definition) is 6. The number of aliphatic hydroxyl groups excluding tert-OH is 1. The molecule has 0 spiro atoms. The molecule has 1 aliphatic rings. The quantitative estimate of drug-likeness (QED) is 0.508. The van der Waals surface area contributed by atoms with Gasteiger partial charge in [-0.25, -0.2) is 15.0 Å². The lowest BCUT2D eigenvalue weighted by molar-refractivity contribution is 0.220. The van der Waals surface area contributed by atoms with Gasteiger partial charge in [0.15, 0.2) is 5.82 Å². The molecule has 2 N–H and O–H groups in total. The zero-order valence-electron chi connectivity index (χ0n) is 11.8. The molecule has 0 saturated heterocycles. The van der Waals surface area contributed by atoms with E-state index in [0.717, 1.165) is 37.2 Å². The molecule has 1 aromatic carbocycles. The van der Waals surface area contributed by atoms with Crippen LogP contribution in [0.5, 0.6) is 0 Å². The number of benzene rings is 1. The summed E-state index contributed by atoms with van der Waals surface area (Å²) in [6.45, 7) is 0. The third-order valence-electron chi connectivity index (χ3n) is 3.51. The number of fused-ring (bicyclic) bond motifs is 2. The van der Waals surface area contributed by atoms with Crippen molar-refractivity contribution in [3.63, 3.8) is 0 Å². The van der Waals surface area contributed by atoms with Crippen LogP contribution in [0.2, 0.25) is 0 Å². The second kappa shape index (κ2) is 5.92. The number of halogens is 1. The Morgan fingerprint density at radius 2 is 1.87 bits per heavy atom. The molecule has 3 aromatic rings. The fraction of sp³-hybridized carbons (Fsp3) is 0.0625. The van der Waals surface area contributed by atoms with Crippen molar-refractivity contribution in [2.75, 3.05) is 5.32 Å². The summed E-state index contributed by atoms with van der Waals surface area (Å²) in [7, 11) is 0. The van der Waals surface area contributed by atoms with Crippen LogP contribution < -0.4 is 5.32 Å². The van der Waals surface area contributed by atoms with Crippen molar-refractivity contribution in [2.24, 2.45) is 0 Å². The molecule has 7 heteroatoms. The highest BCUT2D eigenvalue weighted by atomic mass is 79.9. The van der Waals surface area contributed by atoms with Gasteiger partial charge in [0.1, 0.15) is 15.7 Å². The predicted octanol–water partition coefficient (Wildman–Crippen LogP) is 3.92. The van der Waals surface area contributed by atoms with Gasteiger partial charge in [-0.1, -0.05) is 23.9 Å². The third kappa shape index (κ3) is 2.83. The Labute approximate surface area is 145 Å². The molecule has 1 atom stereocenters. The van der Waals surface area contributed by atoms with Gasteiger partial charge in [-0.15, -0.1) is 0 Å². The van der Waals surface area contributed by atoms with Crippen molar-refractivity contribution in [3.8, 4) is 0 Å². The van der Waals surface area contributed by atoms with Crippen molar-refractivity contribution < 1.29 is 5.11 Å².